The largest absolute Gasteiger partial charge is 0.398 e. The maximum atomic E-state index is 12.2. The number of hydrogen-bond acceptors (Lipinski definition) is 3. The Balaban J connectivity index is 2.19. The highest BCUT2D eigenvalue weighted by atomic mass is 16.1. The van der Waals surface area contributed by atoms with Crippen molar-refractivity contribution in [2.45, 2.75) is 19.8 Å². The Morgan fingerprint density at radius 3 is 2.69 bits per heavy atom. The van der Waals surface area contributed by atoms with Gasteiger partial charge in [-0.25, -0.2) is 0 Å². The lowest BCUT2D eigenvalue weighted by atomic mass is 9.89. The molecule has 3 nitrogen and oxygen atoms in total. The maximum Gasteiger partial charge on any atom is 0.168 e. The molecule has 0 aromatic heterocycles. The second kappa shape index (κ2) is 4.66. The van der Waals surface area contributed by atoms with E-state index < -0.39 is 0 Å². The zero-order valence-corrected chi connectivity index (χ0v) is 9.62. The number of carbonyl (C=O) groups is 1. The van der Waals surface area contributed by atoms with Gasteiger partial charge < -0.3 is 11.1 Å². The molecular weight excluding hydrogens is 200 g/mol. The number of rotatable bonds is 2. The van der Waals surface area contributed by atoms with Crippen LogP contribution in [0.1, 0.15) is 28.8 Å². The summed E-state index contributed by atoms with van der Waals surface area (Å²) in [6.45, 7) is 3.85. The van der Waals surface area contributed by atoms with Crippen molar-refractivity contribution in [2.24, 2.45) is 5.92 Å². The SMILES string of the molecule is Cc1ccc(C(=O)C2CCNCC2)c(N)c1. The summed E-state index contributed by atoms with van der Waals surface area (Å²) in [6, 6.07) is 5.67. The molecule has 0 saturated carbocycles. The zero-order chi connectivity index (χ0) is 11.5. The minimum Gasteiger partial charge on any atom is -0.398 e. The molecule has 1 aliphatic rings. The third kappa shape index (κ3) is 2.25. The highest BCUT2D eigenvalue weighted by Gasteiger charge is 2.23. The van der Waals surface area contributed by atoms with Crippen LogP contribution in [0, 0.1) is 12.8 Å². The number of hydrogen-bond donors (Lipinski definition) is 2. The molecule has 2 rings (SSSR count). The van der Waals surface area contributed by atoms with Crippen molar-refractivity contribution in [3.05, 3.63) is 29.3 Å². The van der Waals surface area contributed by atoms with Crippen molar-refractivity contribution >= 4 is 11.5 Å². The summed E-state index contributed by atoms with van der Waals surface area (Å²) >= 11 is 0. The minimum absolute atomic E-state index is 0.145. The molecule has 0 bridgehead atoms. The number of nitrogens with one attached hydrogen (secondary N) is 1. The monoisotopic (exact) mass is 218 g/mol. The van der Waals surface area contributed by atoms with Gasteiger partial charge in [0, 0.05) is 17.2 Å². The molecule has 1 fully saturated rings. The Morgan fingerprint density at radius 1 is 1.38 bits per heavy atom. The summed E-state index contributed by atoms with van der Waals surface area (Å²) in [7, 11) is 0. The Morgan fingerprint density at radius 2 is 2.06 bits per heavy atom. The fourth-order valence-corrected chi connectivity index (χ4v) is 2.21. The first-order valence-corrected chi connectivity index (χ1v) is 5.79. The lowest BCUT2D eigenvalue weighted by molar-refractivity contribution is 0.0896. The van der Waals surface area contributed by atoms with Crippen molar-refractivity contribution in [3.8, 4) is 0 Å². The van der Waals surface area contributed by atoms with Crippen LogP contribution >= 0.6 is 0 Å². The number of Topliss-reactive ketones (excluding diaryl/α,β-unsaturated/α-hetero) is 1. The average Bonchev–Trinajstić information content (AvgIpc) is 2.29. The first-order chi connectivity index (χ1) is 7.68. The van der Waals surface area contributed by atoms with Crippen LogP contribution in [0.3, 0.4) is 0 Å². The van der Waals surface area contributed by atoms with E-state index in [9.17, 15) is 4.79 Å². The van der Waals surface area contributed by atoms with Crippen molar-refractivity contribution in [1.82, 2.24) is 5.32 Å². The van der Waals surface area contributed by atoms with E-state index in [2.05, 4.69) is 5.32 Å². The first-order valence-electron chi connectivity index (χ1n) is 5.79. The number of piperidine rings is 1. The lowest BCUT2D eigenvalue weighted by Crippen LogP contribution is -2.32. The molecule has 0 atom stereocenters. The van der Waals surface area contributed by atoms with E-state index >= 15 is 0 Å². The Bertz CT molecular complexity index is 395. The Hall–Kier alpha value is -1.35. The molecule has 86 valence electrons. The fraction of sp³-hybridized carbons (Fsp3) is 0.462. The Kier molecular flexibility index (Phi) is 3.25. The van der Waals surface area contributed by atoms with Crippen LogP contribution in [0.2, 0.25) is 0 Å². The van der Waals surface area contributed by atoms with Crippen molar-refractivity contribution < 1.29 is 4.79 Å². The van der Waals surface area contributed by atoms with Crippen LogP contribution in [0.15, 0.2) is 18.2 Å². The molecule has 0 aliphatic carbocycles. The second-order valence-electron chi connectivity index (χ2n) is 4.48. The van der Waals surface area contributed by atoms with Gasteiger partial charge in [-0.3, -0.25) is 4.79 Å². The van der Waals surface area contributed by atoms with Gasteiger partial charge in [-0.1, -0.05) is 6.07 Å². The van der Waals surface area contributed by atoms with Gasteiger partial charge in [-0.15, -0.1) is 0 Å². The molecule has 3 heteroatoms. The summed E-state index contributed by atoms with van der Waals surface area (Å²) in [5.74, 6) is 0.352. The predicted molar refractivity (Wildman–Crippen MR) is 65.5 cm³/mol. The topological polar surface area (TPSA) is 55.1 Å². The number of anilines is 1. The number of benzene rings is 1. The van der Waals surface area contributed by atoms with Crippen molar-refractivity contribution in [2.75, 3.05) is 18.8 Å². The van der Waals surface area contributed by atoms with E-state index in [1.54, 1.807) is 0 Å². The molecule has 1 aromatic rings. The third-order valence-electron chi connectivity index (χ3n) is 3.18. The van der Waals surface area contributed by atoms with E-state index in [0.29, 0.717) is 11.3 Å². The fourth-order valence-electron chi connectivity index (χ4n) is 2.21. The molecule has 0 radical (unpaired) electrons. The molecule has 3 N–H and O–H groups in total. The standard InChI is InChI=1S/C13H18N2O/c1-9-2-3-11(12(14)8-9)13(16)10-4-6-15-7-5-10/h2-3,8,10,15H,4-7,14H2,1H3. The summed E-state index contributed by atoms with van der Waals surface area (Å²) in [4.78, 5) is 12.2. The molecule has 1 saturated heterocycles. The number of nitrogen functional groups attached to an aromatic ring is 1. The summed E-state index contributed by atoms with van der Waals surface area (Å²) in [6.07, 6.45) is 1.85. The number of ketones is 1. The van der Waals surface area contributed by atoms with Gasteiger partial charge in [0.15, 0.2) is 5.78 Å². The van der Waals surface area contributed by atoms with Gasteiger partial charge in [0.2, 0.25) is 0 Å². The number of carbonyl (C=O) groups excluding carboxylic acids is 1. The normalized spacial score (nSPS) is 17.3. The molecule has 1 aromatic carbocycles. The van der Waals surface area contributed by atoms with Crippen LogP contribution in [0.5, 0.6) is 0 Å². The van der Waals surface area contributed by atoms with Crippen LogP contribution < -0.4 is 11.1 Å². The maximum absolute atomic E-state index is 12.2. The van der Waals surface area contributed by atoms with Crippen molar-refractivity contribution in [3.63, 3.8) is 0 Å². The third-order valence-corrected chi connectivity index (χ3v) is 3.18. The smallest absolute Gasteiger partial charge is 0.168 e. The zero-order valence-electron chi connectivity index (χ0n) is 9.62. The van der Waals surface area contributed by atoms with E-state index in [-0.39, 0.29) is 11.7 Å². The van der Waals surface area contributed by atoms with E-state index in [0.717, 1.165) is 31.5 Å². The molecule has 0 amide bonds. The second-order valence-corrected chi connectivity index (χ2v) is 4.48. The van der Waals surface area contributed by atoms with Crippen LogP contribution in [0.25, 0.3) is 0 Å². The average molecular weight is 218 g/mol. The Labute approximate surface area is 96.0 Å². The summed E-state index contributed by atoms with van der Waals surface area (Å²) < 4.78 is 0. The summed E-state index contributed by atoms with van der Waals surface area (Å²) in [5, 5.41) is 3.26. The van der Waals surface area contributed by atoms with Gasteiger partial charge in [0.25, 0.3) is 0 Å². The van der Waals surface area contributed by atoms with Crippen LogP contribution in [0.4, 0.5) is 5.69 Å². The molecule has 0 spiro atoms. The predicted octanol–water partition coefficient (Wildman–Crippen LogP) is 1.76. The number of aryl methyl sites for hydroxylation is 1. The number of nitrogens with two attached hydrogens (primary N) is 1. The molecule has 0 unspecified atom stereocenters. The van der Waals surface area contributed by atoms with Crippen LogP contribution in [-0.4, -0.2) is 18.9 Å². The van der Waals surface area contributed by atoms with E-state index in [4.69, 9.17) is 5.73 Å². The quantitative estimate of drug-likeness (QED) is 0.587. The van der Waals surface area contributed by atoms with Crippen molar-refractivity contribution in [1.29, 1.82) is 0 Å². The van der Waals surface area contributed by atoms with Gasteiger partial charge in [0.05, 0.1) is 0 Å². The molecule has 1 aliphatic heterocycles. The van der Waals surface area contributed by atoms with Gasteiger partial charge in [0.1, 0.15) is 0 Å². The van der Waals surface area contributed by atoms with Gasteiger partial charge >= 0.3 is 0 Å². The lowest BCUT2D eigenvalue weighted by Gasteiger charge is -2.22. The highest BCUT2D eigenvalue weighted by Crippen LogP contribution is 2.22. The van der Waals surface area contributed by atoms with E-state index in [1.165, 1.54) is 0 Å². The van der Waals surface area contributed by atoms with Crippen LogP contribution in [-0.2, 0) is 0 Å². The molecular formula is C13H18N2O. The van der Waals surface area contributed by atoms with E-state index in [1.807, 2.05) is 25.1 Å². The summed E-state index contributed by atoms with van der Waals surface area (Å²) in [5.41, 5.74) is 8.30. The first kappa shape index (κ1) is 11.1. The van der Waals surface area contributed by atoms with Gasteiger partial charge in [-0.05, 0) is 50.6 Å². The molecule has 1 heterocycles. The molecule has 16 heavy (non-hydrogen) atoms. The minimum atomic E-state index is 0.145. The highest BCUT2D eigenvalue weighted by molar-refractivity contribution is 6.02. The van der Waals surface area contributed by atoms with Gasteiger partial charge in [-0.2, -0.15) is 0 Å².